The van der Waals surface area contributed by atoms with Gasteiger partial charge in [0.15, 0.2) is 8.32 Å². The van der Waals surface area contributed by atoms with Gasteiger partial charge in [0, 0.05) is 0 Å². The second-order valence-electron chi connectivity index (χ2n) is 3.94. The molecular formula is C7H19OS2Si2. The van der Waals surface area contributed by atoms with Crippen molar-refractivity contribution >= 4 is 42.6 Å². The van der Waals surface area contributed by atoms with Gasteiger partial charge in [-0.2, -0.15) is 25.3 Å². The molecule has 0 aromatic carbocycles. The van der Waals surface area contributed by atoms with E-state index in [4.69, 9.17) is 4.12 Å². The SMILES string of the molecule is CCC(S)(S)[Si](C)O[Si](C)(C)C. The van der Waals surface area contributed by atoms with Gasteiger partial charge >= 0.3 is 0 Å². The molecule has 0 rings (SSSR count). The zero-order chi connectivity index (χ0) is 9.99. The summed E-state index contributed by atoms with van der Waals surface area (Å²) in [7, 11) is -2.28. The minimum absolute atomic E-state index is 0.190. The van der Waals surface area contributed by atoms with Crippen molar-refractivity contribution in [2.45, 2.75) is 43.2 Å². The maximum absolute atomic E-state index is 5.98. The summed E-state index contributed by atoms with van der Waals surface area (Å²) in [5.74, 6) is 0. The summed E-state index contributed by atoms with van der Waals surface area (Å²) >= 11 is 9.00. The molecule has 5 heteroatoms. The van der Waals surface area contributed by atoms with Crippen LogP contribution in [0.3, 0.4) is 0 Å². The number of hydrogen-bond donors (Lipinski definition) is 2. The Morgan fingerprint density at radius 1 is 1.33 bits per heavy atom. The second kappa shape index (κ2) is 4.55. The Bertz CT molecular complexity index is 145. The van der Waals surface area contributed by atoms with E-state index in [0.29, 0.717) is 0 Å². The van der Waals surface area contributed by atoms with Gasteiger partial charge in [-0.15, -0.1) is 0 Å². The first-order valence-corrected chi connectivity index (χ1v) is 10.4. The van der Waals surface area contributed by atoms with Crippen molar-refractivity contribution in [2.24, 2.45) is 0 Å². The Balaban J connectivity index is 4.13. The fourth-order valence-electron chi connectivity index (χ4n) is 0.790. The first kappa shape index (κ1) is 13.1. The van der Waals surface area contributed by atoms with Crippen molar-refractivity contribution in [1.29, 1.82) is 0 Å². The molecular weight excluding hydrogens is 220 g/mol. The lowest BCUT2D eigenvalue weighted by molar-refractivity contribution is 0.564. The Labute approximate surface area is 90.0 Å². The lowest BCUT2D eigenvalue weighted by Crippen LogP contribution is -2.43. The fourth-order valence-corrected chi connectivity index (χ4v) is 6.44. The molecule has 0 aliphatic heterocycles. The van der Waals surface area contributed by atoms with Gasteiger partial charge in [-0.1, -0.05) is 6.92 Å². The monoisotopic (exact) mass is 239 g/mol. The Morgan fingerprint density at radius 2 is 1.75 bits per heavy atom. The summed E-state index contributed by atoms with van der Waals surface area (Å²) in [6.07, 6.45) is 0.953. The van der Waals surface area contributed by atoms with Gasteiger partial charge < -0.3 is 4.12 Å². The van der Waals surface area contributed by atoms with Crippen LogP contribution < -0.4 is 0 Å². The molecule has 0 atom stereocenters. The standard InChI is InChI=1S/C7H19OS2Si2/c1-6-7(9,10)11(2)8-12(3,4)5/h9-10H,6H2,1-5H3. The summed E-state index contributed by atoms with van der Waals surface area (Å²) in [6, 6.07) is 0. The van der Waals surface area contributed by atoms with E-state index < -0.39 is 17.4 Å². The highest BCUT2D eigenvalue weighted by Crippen LogP contribution is 2.29. The molecule has 0 saturated carbocycles. The summed E-state index contributed by atoms with van der Waals surface area (Å²) in [5.41, 5.74) is 0. The minimum atomic E-state index is -1.40. The molecule has 0 aromatic rings. The molecule has 0 saturated heterocycles. The van der Waals surface area contributed by atoms with Crippen LogP contribution in [0.5, 0.6) is 0 Å². The second-order valence-corrected chi connectivity index (χ2v) is 13.7. The summed E-state index contributed by atoms with van der Waals surface area (Å²) in [5, 5.41) is 0. The topological polar surface area (TPSA) is 9.23 Å². The molecule has 1 nitrogen and oxygen atoms in total. The van der Waals surface area contributed by atoms with E-state index in [1.165, 1.54) is 0 Å². The Kier molecular flexibility index (Phi) is 4.96. The largest absolute Gasteiger partial charge is 0.455 e. The molecule has 0 spiro atoms. The smallest absolute Gasteiger partial charge is 0.222 e. The molecule has 1 radical (unpaired) electrons. The van der Waals surface area contributed by atoms with Crippen LogP contribution in [0.2, 0.25) is 26.2 Å². The van der Waals surface area contributed by atoms with E-state index in [-0.39, 0.29) is 3.70 Å². The lowest BCUT2D eigenvalue weighted by atomic mass is 10.6. The highest BCUT2D eigenvalue weighted by molar-refractivity contribution is 8.03. The van der Waals surface area contributed by atoms with Crippen molar-refractivity contribution in [2.75, 3.05) is 0 Å². The van der Waals surface area contributed by atoms with Crippen LogP contribution in [0.1, 0.15) is 13.3 Å². The molecule has 0 heterocycles. The first-order chi connectivity index (χ1) is 5.19. The molecule has 12 heavy (non-hydrogen) atoms. The Morgan fingerprint density at radius 3 is 2.00 bits per heavy atom. The maximum atomic E-state index is 5.98. The number of thiol groups is 2. The molecule has 0 unspecified atom stereocenters. The van der Waals surface area contributed by atoms with Gasteiger partial charge in [-0.3, -0.25) is 0 Å². The number of hydrogen-bond acceptors (Lipinski definition) is 3. The zero-order valence-corrected chi connectivity index (χ0v) is 12.3. The van der Waals surface area contributed by atoms with Gasteiger partial charge in [-0.05, 0) is 32.6 Å². The lowest BCUT2D eigenvalue weighted by Gasteiger charge is -2.31. The third-order valence-electron chi connectivity index (χ3n) is 1.52. The molecule has 0 fully saturated rings. The van der Waals surface area contributed by atoms with E-state index in [9.17, 15) is 0 Å². The van der Waals surface area contributed by atoms with Gasteiger partial charge in [0.25, 0.3) is 0 Å². The quantitative estimate of drug-likeness (QED) is 0.436. The molecule has 73 valence electrons. The van der Waals surface area contributed by atoms with E-state index in [2.05, 4.69) is 58.4 Å². The van der Waals surface area contributed by atoms with E-state index >= 15 is 0 Å². The zero-order valence-electron chi connectivity index (χ0n) is 8.51. The highest BCUT2D eigenvalue weighted by atomic mass is 32.2. The molecule has 0 aromatic heterocycles. The van der Waals surface area contributed by atoms with Crippen LogP contribution in [-0.2, 0) is 4.12 Å². The van der Waals surface area contributed by atoms with Gasteiger partial charge in [-0.25, -0.2) is 0 Å². The van der Waals surface area contributed by atoms with Crippen LogP contribution >= 0.6 is 25.3 Å². The predicted molar refractivity (Wildman–Crippen MR) is 67.0 cm³/mol. The van der Waals surface area contributed by atoms with Crippen molar-refractivity contribution in [1.82, 2.24) is 0 Å². The van der Waals surface area contributed by atoms with Gasteiger partial charge in [0.2, 0.25) is 9.04 Å². The molecule has 0 aliphatic carbocycles. The van der Waals surface area contributed by atoms with Gasteiger partial charge in [0.1, 0.15) is 0 Å². The molecule has 0 amide bonds. The van der Waals surface area contributed by atoms with Crippen LogP contribution in [0.15, 0.2) is 0 Å². The van der Waals surface area contributed by atoms with Crippen molar-refractivity contribution in [3.8, 4) is 0 Å². The predicted octanol–water partition coefficient (Wildman–Crippen LogP) is 2.96. The van der Waals surface area contributed by atoms with Crippen molar-refractivity contribution < 1.29 is 4.12 Å². The van der Waals surface area contributed by atoms with E-state index in [1.807, 2.05) is 0 Å². The first-order valence-electron chi connectivity index (χ1n) is 4.17. The highest BCUT2D eigenvalue weighted by Gasteiger charge is 2.33. The van der Waals surface area contributed by atoms with E-state index in [0.717, 1.165) is 6.42 Å². The van der Waals surface area contributed by atoms with Crippen LogP contribution in [0.4, 0.5) is 0 Å². The Hall–Kier alpha value is 1.09. The fraction of sp³-hybridized carbons (Fsp3) is 1.00. The third kappa shape index (κ3) is 4.96. The van der Waals surface area contributed by atoms with Crippen LogP contribution in [0.25, 0.3) is 0 Å². The van der Waals surface area contributed by atoms with Crippen molar-refractivity contribution in [3.05, 3.63) is 0 Å². The van der Waals surface area contributed by atoms with Crippen molar-refractivity contribution in [3.63, 3.8) is 0 Å². The summed E-state index contributed by atoms with van der Waals surface area (Å²) in [6.45, 7) is 10.9. The molecule has 0 bridgehead atoms. The van der Waals surface area contributed by atoms with Crippen LogP contribution in [0, 0.1) is 0 Å². The maximum Gasteiger partial charge on any atom is 0.222 e. The normalized spacial score (nSPS) is 14.0. The summed E-state index contributed by atoms with van der Waals surface area (Å²) < 4.78 is 5.79. The van der Waals surface area contributed by atoms with E-state index in [1.54, 1.807) is 0 Å². The molecule has 0 N–H and O–H groups in total. The minimum Gasteiger partial charge on any atom is -0.455 e. The average molecular weight is 240 g/mol. The number of rotatable bonds is 4. The molecule has 0 aliphatic rings. The third-order valence-corrected chi connectivity index (χ3v) is 9.19. The van der Waals surface area contributed by atoms with Crippen LogP contribution in [-0.4, -0.2) is 21.1 Å². The average Bonchev–Trinajstić information content (AvgIpc) is 1.84. The van der Waals surface area contributed by atoms with Gasteiger partial charge in [0.05, 0.1) is 3.70 Å². The summed E-state index contributed by atoms with van der Waals surface area (Å²) in [4.78, 5) is 0.